The number of hydrogen-bond acceptors (Lipinski definition) is 0. The van der Waals surface area contributed by atoms with Crippen molar-refractivity contribution in [3.8, 4) is 0 Å². The summed E-state index contributed by atoms with van der Waals surface area (Å²) >= 11 is 0. The number of rotatable bonds is 1. The normalized spacial score (nSPS) is 27.3. The van der Waals surface area contributed by atoms with Crippen LogP contribution < -0.4 is 0 Å². The van der Waals surface area contributed by atoms with E-state index in [-0.39, 0.29) is 0 Å². The molecular formula is C9H18N+. The summed E-state index contributed by atoms with van der Waals surface area (Å²) in [5.41, 5.74) is 1.57. The molecule has 0 aromatic carbocycles. The van der Waals surface area contributed by atoms with Crippen molar-refractivity contribution in [1.82, 2.24) is 0 Å². The zero-order chi connectivity index (χ0) is 7.56. The molecule has 1 aliphatic rings. The van der Waals surface area contributed by atoms with Gasteiger partial charge in [0.25, 0.3) is 0 Å². The first-order valence-electron chi connectivity index (χ1n) is 4.27. The molecule has 0 aromatic heterocycles. The summed E-state index contributed by atoms with van der Waals surface area (Å²) in [6.07, 6.45) is 4.07. The summed E-state index contributed by atoms with van der Waals surface area (Å²) in [6, 6.07) is 0. The van der Waals surface area contributed by atoms with Gasteiger partial charge in [-0.05, 0) is 5.92 Å². The third-order valence-electron chi connectivity index (χ3n) is 2.69. The van der Waals surface area contributed by atoms with Gasteiger partial charge in [-0.15, -0.1) is 0 Å². The molecule has 0 aliphatic carbocycles. The van der Waals surface area contributed by atoms with E-state index in [1.54, 1.807) is 5.71 Å². The van der Waals surface area contributed by atoms with Gasteiger partial charge in [-0.25, -0.2) is 4.58 Å². The molecule has 1 heteroatoms. The van der Waals surface area contributed by atoms with Crippen LogP contribution >= 0.6 is 0 Å². The van der Waals surface area contributed by atoms with Crippen molar-refractivity contribution in [2.24, 2.45) is 5.92 Å². The van der Waals surface area contributed by atoms with E-state index in [2.05, 4.69) is 25.5 Å². The topological polar surface area (TPSA) is 3.01 Å². The molecule has 0 aromatic rings. The predicted octanol–water partition coefficient (Wildman–Crippen LogP) is 1.91. The minimum Gasteiger partial charge on any atom is -0.240 e. The standard InChI is InChI=1S/C9H18N/c1-4-9-5-6-10(3)8(2)7-9/h9H,4-7H2,1-3H3/q+1. The van der Waals surface area contributed by atoms with Gasteiger partial charge in [-0.3, -0.25) is 0 Å². The third-order valence-corrected chi connectivity index (χ3v) is 2.69. The molecule has 0 N–H and O–H groups in total. The van der Waals surface area contributed by atoms with Gasteiger partial charge in [0.2, 0.25) is 0 Å². The quantitative estimate of drug-likeness (QED) is 0.489. The molecule has 1 heterocycles. The van der Waals surface area contributed by atoms with Crippen molar-refractivity contribution in [2.45, 2.75) is 33.1 Å². The lowest BCUT2D eigenvalue weighted by atomic mass is 9.93. The zero-order valence-electron chi connectivity index (χ0n) is 7.35. The summed E-state index contributed by atoms with van der Waals surface area (Å²) in [7, 11) is 2.20. The first kappa shape index (κ1) is 7.77. The maximum absolute atomic E-state index is 2.38. The van der Waals surface area contributed by atoms with Crippen LogP contribution in [0.25, 0.3) is 0 Å². The average molecular weight is 140 g/mol. The van der Waals surface area contributed by atoms with E-state index in [0.717, 1.165) is 5.92 Å². The van der Waals surface area contributed by atoms with Crippen LogP contribution in [0.2, 0.25) is 0 Å². The van der Waals surface area contributed by atoms with E-state index in [9.17, 15) is 0 Å². The Kier molecular flexibility index (Phi) is 2.47. The second-order valence-electron chi connectivity index (χ2n) is 3.42. The monoisotopic (exact) mass is 140 g/mol. The third kappa shape index (κ3) is 1.59. The van der Waals surface area contributed by atoms with E-state index in [1.807, 2.05) is 0 Å². The summed E-state index contributed by atoms with van der Waals surface area (Å²) in [6.45, 7) is 5.81. The van der Waals surface area contributed by atoms with Crippen LogP contribution in [0.15, 0.2) is 0 Å². The molecule has 1 nitrogen and oxygen atoms in total. The minimum atomic E-state index is 0.969. The van der Waals surface area contributed by atoms with Gasteiger partial charge in [0.05, 0.1) is 0 Å². The molecular weight excluding hydrogens is 122 g/mol. The fourth-order valence-corrected chi connectivity index (χ4v) is 1.59. The first-order chi connectivity index (χ1) is 4.74. The maximum atomic E-state index is 2.38. The highest BCUT2D eigenvalue weighted by Gasteiger charge is 2.19. The molecule has 0 saturated heterocycles. The zero-order valence-corrected chi connectivity index (χ0v) is 7.35. The second kappa shape index (κ2) is 3.18. The molecule has 1 unspecified atom stereocenters. The van der Waals surface area contributed by atoms with Gasteiger partial charge in [-0.2, -0.15) is 0 Å². The summed E-state index contributed by atoms with van der Waals surface area (Å²) in [5, 5.41) is 0. The van der Waals surface area contributed by atoms with Gasteiger partial charge in [0, 0.05) is 19.8 Å². The van der Waals surface area contributed by atoms with Crippen LogP contribution in [-0.4, -0.2) is 23.9 Å². The van der Waals surface area contributed by atoms with Crippen molar-refractivity contribution in [2.75, 3.05) is 13.6 Å². The predicted molar refractivity (Wildman–Crippen MR) is 44.7 cm³/mol. The molecule has 0 amide bonds. The van der Waals surface area contributed by atoms with E-state index >= 15 is 0 Å². The molecule has 0 saturated carbocycles. The highest BCUT2D eigenvalue weighted by Crippen LogP contribution is 2.17. The molecule has 1 aliphatic heterocycles. The molecule has 0 spiro atoms. The number of hydrogen-bond donors (Lipinski definition) is 0. The van der Waals surface area contributed by atoms with Crippen molar-refractivity contribution >= 4 is 5.71 Å². The molecule has 0 fully saturated rings. The van der Waals surface area contributed by atoms with Crippen molar-refractivity contribution in [3.63, 3.8) is 0 Å². The molecule has 10 heavy (non-hydrogen) atoms. The molecule has 1 rings (SSSR count). The van der Waals surface area contributed by atoms with Crippen LogP contribution in [0.1, 0.15) is 33.1 Å². The van der Waals surface area contributed by atoms with Crippen LogP contribution in [0.4, 0.5) is 0 Å². The van der Waals surface area contributed by atoms with E-state index in [0.29, 0.717) is 0 Å². The lowest BCUT2D eigenvalue weighted by molar-refractivity contribution is -0.505. The Morgan fingerprint density at radius 1 is 1.60 bits per heavy atom. The highest BCUT2D eigenvalue weighted by atomic mass is 15.0. The van der Waals surface area contributed by atoms with Crippen molar-refractivity contribution in [3.05, 3.63) is 0 Å². The van der Waals surface area contributed by atoms with Crippen LogP contribution in [-0.2, 0) is 0 Å². The summed E-state index contributed by atoms with van der Waals surface area (Å²) in [4.78, 5) is 0. The Hall–Kier alpha value is -0.330. The largest absolute Gasteiger partial charge is 0.240 e. The lowest BCUT2D eigenvalue weighted by Gasteiger charge is -2.17. The Morgan fingerprint density at radius 3 is 2.80 bits per heavy atom. The van der Waals surface area contributed by atoms with Gasteiger partial charge < -0.3 is 0 Å². The van der Waals surface area contributed by atoms with Crippen molar-refractivity contribution < 1.29 is 4.58 Å². The molecule has 58 valence electrons. The Morgan fingerprint density at radius 2 is 2.30 bits per heavy atom. The summed E-state index contributed by atoms with van der Waals surface area (Å²) < 4.78 is 2.38. The van der Waals surface area contributed by atoms with E-state index < -0.39 is 0 Å². The fraction of sp³-hybridized carbons (Fsp3) is 0.889. The molecule has 0 radical (unpaired) electrons. The van der Waals surface area contributed by atoms with Crippen LogP contribution in [0, 0.1) is 5.92 Å². The van der Waals surface area contributed by atoms with Gasteiger partial charge in [0.1, 0.15) is 19.3 Å². The summed E-state index contributed by atoms with van der Waals surface area (Å²) in [5.74, 6) is 0.969. The smallest absolute Gasteiger partial charge is 0.149 e. The number of nitrogens with zero attached hydrogens (tertiary/aromatic N) is 1. The van der Waals surface area contributed by atoms with Gasteiger partial charge >= 0.3 is 0 Å². The molecule has 0 bridgehead atoms. The SMILES string of the molecule is CCC1CC[N+](C)=C(C)C1. The average Bonchev–Trinajstić information content (AvgIpc) is 1.95. The Balaban J connectivity index is 2.54. The van der Waals surface area contributed by atoms with Gasteiger partial charge in [0.15, 0.2) is 0 Å². The lowest BCUT2D eigenvalue weighted by Crippen LogP contribution is -2.26. The van der Waals surface area contributed by atoms with E-state index in [1.165, 1.54) is 25.8 Å². The minimum absolute atomic E-state index is 0.969. The van der Waals surface area contributed by atoms with Crippen molar-refractivity contribution in [1.29, 1.82) is 0 Å². The second-order valence-corrected chi connectivity index (χ2v) is 3.42. The van der Waals surface area contributed by atoms with E-state index in [4.69, 9.17) is 0 Å². The Labute approximate surface area is 63.8 Å². The molecule has 1 atom stereocenters. The first-order valence-corrected chi connectivity index (χ1v) is 4.27. The van der Waals surface area contributed by atoms with Gasteiger partial charge in [-0.1, -0.05) is 13.3 Å². The highest BCUT2D eigenvalue weighted by molar-refractivity contribution is 5.77. The maximum Gasteiger partial charge on any atom is 0.149 e. The van der Waals surface area contributed by atoms with Crippen LogP contribution in [0.3, 0.4) is 0 Å². The fourth-order valence-electron chi connectivity index (χ4n) is 1.59. The van der Waals surface area contributed by atoms with Crippen LogP contribution in [0.5, 0.6) is 0 Å². The Bertz CT molecular complexity index is 147.